The van der Waals surface area contributed by atoms with Crippen LogP contribution in [0.5, 0.6) is 0 Å². The predicted molar refractivity (Wildman–Crippen MR) is 78.3 cm³/mol. The zero-order chi connectivity index (χ0) is 16.3. The van der Waals surface area contributed by atoms with Crippen LogP contribution in [0.1, 0.15) is 35.9 Å². The van der Waals surface area contributed by atoms with Gasteiger partial charge in [-0.1, -0.05) is 0 Å². The Morgan fingerprint density at radius 1 is 1.45 bits per heavy atom. The molecule has 2 aromatic heterocycles. The first-order valence-electron chi connectivity index (χ1n) is 6.97. The molecule has 0 bridgehead atoms. The molecule has 1 atom stereocenters. The van der Waals surface area contributed by atoms with Gasteiger partial charge < -0.3 is 10.0 Å². The summed E-state index contributed by atoms with van der Waals surface area (Å²) in [6.45, 7) is 4.90. The lowest BCUT2D eigenvalue weighted by Gasteiger charge is -2.21. The van der Waals surface area contributed by atoms with Crippen molar-refractivity contribution >= 4 is 11.9 Å². The minimum atomic E-state index is -1.11. The van der Waals surface area contributed by atoms with Crippen LogP contribution in [0.2, 0.25) is 0 Å². The van der Waals surface area contributed by atoms with Gasteiger partial charge in [0, 0.05) is 38.1 Å². The van der Waals surface area contributed by atoms with E-state index in [2.05, 4.69) is 10.2 Å². The Morgan fingerprint density at radius 2 is 2.18 bits per heavy atom. The number of hydrogen-bond donors (Lipinski definition) is 1. The maximum Gasteiger partial charge on any atom is 0.356 e. The molecule has 0 aliphatic rings. The molecule has 0 aliphatic carbocycles. The van der Waals surface area contributed by atoms with Crippen molar-refractivity contribution in [2.75, 3.05) is 7.05 Å². The molecule has 0 spiro atoms. The van der Waals surface area contributed by atoms with Crippen LogP contribution in [0.15, 0.2) is 24.7 Å². The number of nitrogens with zero attached hydrogens (tertiary/aromatic N) is 5. The van der Waals surface area contributed by atoms with Gasteiger partial charge in [-0.2, -0.15) is 10.2 Å². The lowest BCUT2D eigenvalue weighted by Crippen LogP contribution is -2.33. The van der Waals surface area contributed by atoms with Crippen molar-refractivity contribution in [1.29, 1.82) is 0 Å². The number of aromatic nitrogens is 4. The summed E-state index contributed by atoms with van der Waals surface area (Å²) in [5.74, 6) is -1.26. The third-order valence-electron chi connectivity index (χ3n) is 3.39. The largest absolute Gasteiger partial charge is 0.476 e. The third kappa shape index (κ3) is 3.33. The molecular weight excluding hydrogens is 286 g/mol. The zero-order valence-corrected chi connectivity index (χ0v) is 12.8. The Kier molecular flexibility index (Phi) is 4.59. The zero-order valence-electron chi connectivity index (χ0n) is 12.8. The second-order valence-corrected chi connectivity index (χ2v) is 5.06. The van der Waals surface area contributed by atoms with Gasteiger partial charge in [0.15, 0.2) is 5.69 Å². The van der Waals surface area contributed by atoms with Crippen molar-refractivity contribution < 1.29 is 14.7 Å². The summed E-state index contributed by atoms with van der Waals surface area (Å²) in [7, 11) is 1.70. The second-order valence-electron chi connectivity index (χ2n) is 5.06. The van der Waals surface area contributed by atoms with E-state index in [1.165, 1.54) is 16.9 Å². The van der Waals surface area contributed by atoms with Crippen molar-refractivity contribution in [3.8, 4) is 0 Å². The molecule has 2 rings (SSSR count). The fourth-order valence-electron chi connectivity index (χ4n) is 2.11. The monoisotopic (exact) mass is 305 g/mol. The molecule has 2 aromatic rings. The maximum atomic E-state index is 12.4. The molecule has 8 heteroatoms. The molecule has 118 valence electrons. The third-order valence-corrected chi connectivity index (χ3v) is 3.39. The number of likely N-dealkylation sites (N-methyl/N-ethyl adjacent to an activating group) is 1. The fraction of sp³-hybridized carbons (Fsp3) is 0.429. The first-order chi connectivity index (χ1) is 10.4. The van der Waals surface area contributed by atoms with Crippen molar-refractivity contribution in [3.63, 3.8) is 0 Å². The van der Waals surface area contributed by atoms with E-state index in [0.717, 1.165) is 12.1 Å². The fourth-order valence-corrected chi connectivity index (χ4v) is 2.11. The van der Waals surface area contributed by atoms with Crippen LogP contribution in [0.4, 0.5) is 0 Å². The maximum absolute atomic E-state index is 12.4. The molecular formula is C14H19N5O3. The van der Waals surface area contributed by atoms with Gasteiger partial charge in [0.1, 0.15) is 6.04 Å². The number of amides is 1. The SMILES string of the molecule is CCn1cc(CN(C)C(=O)C(C)n2ccc(C(=O)O)n2)cn1. The van der Waals surface area contributed by atoms with Crippen LogP contribution >= 0.6 is 0 Å². The van der Waals surface area contributed by atoms with Gasteiger partial charge >= 0.3 is 5.97 Å². The van der Waals surface area contributed by atoms with E-state index in [9.17, 15) is 9.59 Å². The quantitative estimate of drug-likeness (QED) is 0.860. The average Bonchev–Trinajstić information content (AvgIpc) is 3.14. The molecule has 1 unspecified atom stereocenters. The first-order valence-corrected chi connectivity index (χ1v) is 6.97. The van der Waals surface area contributed by atoms with Crippen molar-refractivity contribution in [2.24, 2.45) is 0 Å². The highest BCUT2D eigenvalue weighted by Gasteiger charge is 2.21. The molecule has 0 radical (unpaired) electrons. The number of carboxylic acids is 1. The summed E-state index contributed by atoms with van der Waals surface area (Å²) in [6, 6.07) is 0.802. The second kappa shape index (κ2) is 6.42. The van der Waals surface area contributed by atoms with E-state index in [4.69, 9.17) is 5.11 Å². The van der Waals surface area contributed by atoms with Gasteiger partial charge in [-0.15, -0.1) is 0 Å². The number of hydrogen-bond acceptors (Lipinski definition) is 4. The highest BCUT2D eigenvalue weighted by atomic mass is 16.4. The summed E-state index contributed by atoms with van der Waals surface area (Å²) in [5, 5.41) is 16.9. The van der Waals surface area contributed by atoms with Gasteiger partial charge in [0.05, 0.1) is 6.20 Å². The molecule has 2 heterocycles. The van der Waals surface area contributed by atoms with E-state index in [1.54, 1.807) is 29.7 Å². The smallest absolute Gasteiger partial charge is 0.356 e. The van der Waals surface area contributed by atoms with Crippen molar-refractivity contribution in [2.45, 2.75) is 33.0 Å². The van der Waals surface area contributed by atoms with E-state index in [-0.39, 0.29) is 11.6 Å². The summed E-state index contributed by atoms with van der Waals surface area (Å²) < 4.78 is 3.15. The Labute approximate surface area is 127 Å². The number of rotatable bonds is 6. The minimum absolute atomic E-state index is 0.0773. The standard InChI is InChI=1S/C14H19N5O3/c1-4-18-9-11(7-15-18)8-17(3)13(20)10(2)19-6-5-12(16-19)14(21)22/h5-7,9-10H,4,8H2,1-3H3,(H,21,22). The molecule has 1 N–H and O–H groups in total. The molecule has 22 heavy (non-hydrogen) atoms. The van der Waals surface area contributed by atoms with Gasteiger partial charge in [0.2, 0.25) is 5.91 Å². The minimum Gasteiger partial charge on any atom is -0.476 e. The average molecular weight is 305 g/mol. The number of aromatic carboxylic acids is 1. The normalized spacial score (nSPS) is 12.1. The molecule has 0 aliphatic heterocycles. The molecule has 1 amide bonds. The highest BCUT2D eigenvalue weighted by molar-refractivity contribution is 5.85. The van der Waals surface area contributed by atoms with Crippen molar-refractivity contribution in [1.82, 2.24) is 24.5 Å². The lowest BCUT2D eigenvalue weighted by molar-refractivity contribution is -0.133. The van der Waals surface area contributed by atoms with Crippen LogP contribution < -0.4 is 0 Å². The number of carboxylic acid groups (broad SMARTS) is 1. The Hall–Kier alpha value is -2.64. The number of aryl methyl sites for hydroxylation is 1. The number of carbonyl (C=O) groups is 2. The van der Waals surface area contributed by atoms with E-state index < -0.39 is 12.0 Å². The van der Waals surface area contributed by atoms with Gasteiger partial charge in [0.25, 0.3) is 0 Å². The summed E-state index contributed by atoms with van der Waals surface area (Å²) in [5.41, 5.74) is 0.864. The summed E-state index contributed by atoms with van der Waals surface area (Å²) in [6.07, 6.45) is 5.12. The van der Waals surface area contributed by atoms with Gasteiger partial charge in [-0.25, -0.2) is 4.79 Å². The predicted octanol–water partition coefficient (Wildman–Crippen LogP) is 1.02. The van der Waals surface area contributed by atoms with Crippen LogP contribution in [0.25, 0.3) is 0 Å². The van der Waals surface area contributed by atoms with Crippen LogP contribution in [0, 0.1) is 0 Å². The molecule has 0 saturated carbocycles. The first kappa shape index (κ1) is 15.7. The highest BCUT2D eigenvalue weighted by Crippen LogP contribution is 2.12. The summed E-state index contributed by atoms with van der Waals surface area (Å²) >= 11 is 0. The van der Waals surface area contributed by atoms with E-state index >= 15 is 0 Å². The molecule has 0 saturated heterocycles. The van der Waals surface area contributed by atoms with E-state index in [0.29, 0.717) is 6.54 Å². The lowest BCUT2D eigenvalue weighted by atomic mass is 10.2. The molecule has 0 aromatic carbocycles. The van der Waals surface area contributed by atoms with E-state index in [1.807, 2.05) is 13.1 Å². The van der Waals surface area contributed by atoms with Crippen LogP contribution in [-0.4, -0.2) is 48.5 Å². The van der Waals surface area contributed by atoms with Gasteiger partial charge in [-0.05, 0) is 19.9 Å². The number of carbonyl (C=O) groups excluding carboxylic acids is 1. The Balaban J connectivity index is 2.03. The van der Waals surface area contributed by atoms with Crippen LogP contribution in [0.3, 0.4) is 0 Å². The molecule has 8 nitrogen and oxygen atoms in total. The topological polar surface area (TPSA) is 93.2 Å². The Morgan fingerprint density at radius 3 is 2.73 bits per heavy atom. The van der Waals surface area contributed by atoms with Crippen molar-refractivity contribution in [3.05, 3.63) is 35.9 Å². The molecule has 0 fully saturated rings. The Bertz CT molecular complexity index is 676. The van der Waals surface area contributed by atoms with Gasteiger partial charge in [-0.3, -0.25) is 14.2 Å². The van der Waals surface area contributed by atoms with Crippen LogP contribution in [-0.2, 0) is 17.9 Å². The summed E-state index contributed by atoms with van der Waals surface area (Å²) in [4.78, 5) is 24.8.